The zero-order chi connectivity index (χ0) is 20.9. The molecule has 158 valence electrons. The van der Waals surface area contributed by atoms with E-state index in [4.69, 9.17) is 14.2 Å². The molecule has 27 heavy (non-hydrogen) atoms. The molecule has 0 N–H and O–H groups in total. The Bertz CT molecular complexity index is 459. The van der Waals surface area contributed by atoms with E-state index in [2.05, 4.69) is 0 Å². The van der Waals surface area contributed by atoms with Gasteiger partial charge in [-0.2, -0.15) is 0 Å². The predicted molar refractivity (Wildman–Crippen MR) is 97.5 cm³/mol. The average Bonchev–Trinajstić information content (AvgIpc) is 2.57. The number of carboxylic acids is 1. The molecule has 0 saturated heterocycles. The summed E-state index contributed by atoms with van der Waals surface area (Å²) in [6.07, 6.45) is 2.78. The monoisotopic (exact) mass is 389 g/mol. The topological polar surface area (TPSA) is 102 Å². The Hall–Kier alpha value is -1.67. The van der Waals surface area contributed by atoms with Crippen LogP contribution < -0.4 is 5.11 Å². The molecule has 0 heterocycles. The lowest BCUT2D eigenvalue weighted by Crippen LogP contribution is -2.55. The van der Waals surface area contributed by atoms with E-state index in [0.717, 1.165) is 19.3 Å². The Morgan fingerprint density at radius 1 is 1.00 bits per heavy atom. The first-order chi connectivity index (χ1) is 12.6. The third kappa shape index (κ3) is 12.4. The summed E-state index contributed by atoms with van der Waals surface area (Å²) in [5, 5.41) is 11.2. The van der Waals surface area contributed by atoms with Gasteiger partial charge in [0.1, 0.15) is 12.6 Å². The van der Waals surface area contributed by atoms with E-state index in [1.807, 2.05) is 6.92 Å². The van der Waals surface area contributed by atoms with E-state index in [0.29, 0.717) is 6.42 Å². The number of nitrogens with zero attached hydrogens (tertiary/aromatic N) is 1. The number of hydrogen-bond donors (Lipinski definition) is 0. The molecule has 0 aromatic heterocycles. The molecule has 0 spiro atoms. The molecule has 0 aliphatic heterocycles. The highest BCUT2D eigenvalue weighted by atomic mass is 16.6. The van der Waals surface area contributed by atoms with E-state index in [1.165, 1.54) is 0 Å². The summed E-state index contributed by atoms with van der Waals surface area (Å²) in [5.41, 5.74) is 0. The summed E-state index contributed by atoms with van der Waals surface area (Å²) in [5.74, 6) is -1.88. The Morgan fingerprint density at radius 3 is 2.19 bits per heavy atom. The second-order valence-corrected chi connectivity index (χ2v) is 7.42. The number of likely N-dealkylation sites (N-methyl/N-ethyl adjacent to an activating group) is 1. The standard InChI is InChI=1S/C19H35NO7/c1-6-8-9-10-18(22)27-15(14-26-17(21)7-2)13-25-12-11-16(19(23)24)20(3,4)5/h15-16H,6-14H2,1-5H3. The van der Waals surface area contributed by atoms with Gasteiger partial charge in [0.05, 0.1) is 40.3 Å². The molecule has 0 amide bonds. The third-order valence-corrected chi connectivity index (χ3v) is 4.05. The Morgan fingerprint density at radius 2 is 1.67 bits per heavy atom. The smallest absolute Gasteiger partial charge is 0.306 e. The van der Waals surface area contributed by atoms with Crippen LogP contribution in [0.25, 0.3) is 0 Å². The number of carboxylic acid groups (broad SMARTS) is 1. The minimum atomic E-state index is -1.14. The molecule has 0 fully saturated rings. The maximum Gasteiger partial charge on any atom is 0.306 e. The molecular formula is C19H35NO7. The van der Waals surface area contributed by atoms with E-state index < -0.39 is 18.1 Å². The van der Waals surface area contributed by atoms with Crippen molar-refractivity contribution in [1.29, 1.82) is 0 Å². The van der Waals surface area contributed by atoms with Crippen molar-refractivity contribution >= 4 is 17.9 Å². The quantitative estimate of drug-likeness (QED) is 0.230. The van der Waals surface area contributed by atoms with Gasteiger partial charge >= 0.3 is 11.9 Å². The number of aliphatic carboxylic acids is 1. The minimum absolute atomic E-state index is 0.0351. The van der Waals surface area contributed by atoms with Crippen LogP contribution in [0, 0.1) is 0 Å². The van der Waals surface area contributed by atoms with E-state index in [9.17, 15) is 19.5 Å². The van der Waals surface area contributed by atoms with Crippen molar-refractivity contribution in [2.45, 2.75) is 64.5 Å². The predicted octanol–water partition coefficient (Wildman–Crippen LogP) is 0.663. The maximum absolute atomic E-state index is 11.9. The van der Waals surface area contributed by atoms with Crippen molar-refractivity contribution in [2.24, 2.45) is 0 Å². The van der Waals surface area contributed by atoms with Crippen LogP contribution in [0.3, 0.4) is 0 Å². The van der Waals surface area contributed by atoms with Gasteiger partial charge in [0.15, 0.2) is 6.10 Å². The van der Waals surface area contributed by atoms with Crippen LogP contribution in [-0.2, 0) is 28.6 Å². The normalized spacial score (nSPS) is 13.7. The molecule has 0 saturated carbocycles. The van der Waals surface area contributed by atoms with Crippen molar-refractivity contribution in [3.8, 4) is 0 Å². The fraction of sp³-hybridized carbons (Fsp3) is 0.842. The van der Waals surface area contributed by atoms with Crippen LogP contribution in [-0.4, -0.2) is 75.5 Å². The van der Waals surface area contributed by atoms with Crippen molar-refractivity contribution in [2.75, 3.05) is 41.0 Å². The molecule has 0 aliphatic rings. The number of quaternary nitrogens is 1. The molecule has 0 radical (unpaired) electrons. The SMILES string of the molecule is CCCCCC(=O)OC(COCCC(C(=O)[O-])[N+](C)(C)C)COC(=O)CC. The van der Waals surface area contributed by atoms with E-state index in [1.54, 1.807) is 28.1 Å². The Labute approximate surface area is 162 Å². The zero-order valence-corrected chi connectivity index (χ0v) is 17.3. The van der Waals surface area contributed by atoms with Crippen LogP contribution >= 0.6 is 0 Å². The van der Waals surface area contributed by atoms with Gasteiger partial charge in [-0.25, -0.2) is 0 Å². The summed E-state index contributed by atoms with van der Waals surface area (Å²) in [6, 6.07) is -0.710. The first-order valence-corrected chi connectivity index (χ1v) is 9.56. The molecule has 0 bridgehead atoms. The maximum atomic E-state index is 11.9. The lowest BCUT2D eigenvalue weighted by molar-refractivity contribution is -0.889. The van der Waals surface area contributed by atoms with Crippen LogP contribution in [0.1, 0.15) is 52.4 Å². The van der Waals surface area contributed by atoms with E-state index >= 15 is 0 Å². The number of esters is 2. The summed E-state index contributed by atoms with van der Waals surface area (Å²) >= 11 is 0. The number of carbonyl (C=O) groups excluding carboxylic acids is 3. The summed E-state index contributed by atoms with van der Waals surface area (Å²) in [4.78, 5) is 34.5. The second kappa shape index (κ2) is 13.5. The molecule has 0 aliphatic carbocycles. The van der Waals surface area contributed by atoms with Crippen LogP contribution in [0.5, 0.6) is 0 Å². The van der Waals surface area contributed by atoms with Gasteiger partial charge in [0, 0.05) is 19.3 Å². The number of ether oxygens (including phenoxy) is 3. The first kappa shape index (κ1) is 25.3. The van der Waals surface area contributed by atoms with Crippen molar-refractivity contribution < 1.29 is 38.2 Å². The molecule has 0 rings (SSSR count). The van der Waals surface area contributed by atoms with Crippen molar-refractivity contribution in [1.82, 2.24) is 0 Å². The summed E-state index contributed by atoms with van der Waals surface area (Å²) < 4.78 is 16.1. The molecule has 8 heteroatoms. The fourth-order valence-electron chi connectivity index (χ4n) is 2.40. The van der Waals surface area contributed by atoms with Crippen molar-refractivity contribution in [3.05, 3.63) is 0 Å². The molecule has 8 nitrogen and oxygen atoms in total. The molecule has 2 atom stereocenters. The zero-order valence-electron chi connectivity index (χ0n) is 17.3. The lowest BCUT2D eigenvalue weighted by Gasteiger charge is -2.34. The highest BCUT2D eigenvalue weighted by molar-refractivity contribution is 5.70. The largest absolute Gasteiger partial charge is 0.544 e. The first-order valence-electron chi connectivity index (χ1n) is 9.56. The molecule has 2 unspecified atom stereocenters. The molecule has 0 aromatic carbocycles. The van der Waals surface area contributed by atoms with Gasteiger partial charge in [0.2, 0.25) is 0 Å². The highest BCUT2D eigenvalue weighted by Crippen LogP contribution is 2.09. The van der Waals surface area contributed by atoms with Gasteiger partial charge in [-0.05, 0) is 6.42 Å². The number of carbonyl (C=O) groups is 3. The Balaban J connectivity index is 4.50. The Kier molecular flexibility index (Phi) is 12.7. The highest BCUT2D eigenvalue weighted by Gasteiger charge is 2.25. The number of hydrogen-bond acceptors (Lipinski definition) is 7. The van der Waals surface area contributed by atoms with Gasteiger partial charge in [0.25, 0.3) is 0 Å². The van der Waals surface area contributed by atoms with E-state index in [-0.39, 0.29) is 49.1 Å². The van der Waals surface area contributed by atoms with Gasteiger partial charge < -0.3 is 28.6 Å². The van der Waals surface area contributed by atoms with Crippen molar-refractivity contribution in [3.63, 3.8) is 0 Å². The lowest BCUT2D eigenvalue weighted by atomic mass is 10.1. The third-order valence-electron chi connectivity index (χ3n) is 4.05. The molecule has 0 aromatic rings. The average molecular weight is 389 g/mol. The van der Waals surface area contributed by atoms with Gasteiger partial charge in [-0.1, -0.05) is 26.7 Å². The van der Waals surface area contributed by atoms with Crippen LogP contribution in [0.15, 0.2) is 0 Å². The fourth-order valence-corrected chi connectivity index (χ4v) is 2.40. The van der Waals surface area contributed by atoms with Crippen LogP contribution in [0.2, 0.25) is 0 Å². The van der Waals surface area contributed by atoms with Gasteiger partial charge in [-0.15, -0.1) is 0 Å². The van der Waals surface area contributed by atoms with Crippen LogP contribution in [0.4, 0.5) is 0 Å². The second-order valence-electron chi connectivity index (χ2n) is 7.42. The summed E-state index contributed by atoms with van der Waals surface area (Å²) in [6.45, 7) is 3.84. The molecular weight excluding hydrogens is 354 g/mol. The minimum Gasteiger partial charge on any atom is -0.544 e. The number of unbranched alkanes of at least 4 members (excludes halogenated alkanes) is 2. The summed E-state index contributed by atoms with van der Waals surface area (Å²) in [7, 11) is 5.31. The van der Waals surface area contributed by atoms with Gasteiger partial charge in [-0.3, -0.25) is 9.59 Å². The number of rotatable bonds is 15.